The molecule has 0 saturated heterocycles. The summed E-state index contributed by atoms with van der Waals surface area (Å²) in [6.07, 6.45) is 0.882. The van der Waals surface area contributed by atoms with E-state index in [-0.39, 0.29) is 18.6 Å². The van der Waals surface area contributed by atoms with E-state index in [1.54, 1.807) is 11.9 Å². The molecule has 1 aliphatic heterocycles. The van der Waals surface area contributed by atoms with E-state index in [0.29, 0.717) is 0 Å². The normalized spacial score (nSPS) is 16.7. The first-order valence-corrected chi connectivity index (χ1v) is 5.42. The Morgan fingerprint density at radius 1 is 1.56 bits per heavy atom. The molecule has 86 valence electrons. The lowest BCUT2D eigenvalue weighted by Crippen LogP contribution is -2.35. The molecular weight excluding hydrogens is 204 g/mol. The highest BCUT2D eigenvalue weighted by Crippen LogP contribution is 2.33. The summed E-state index contributed by atoms with van der Waals surface area (Å²) in [4.78, 5) is 13.0. The van der Waals surface area contributed by atoms with Crippen molar-refractivity contribution in [2.45, 2.75) is 19.4 Å². The number of anilines is 1. The topological polar surface area (TPSA) is 55.6 Å². The van der Waals surface area contributed by atoms with Crippen LogP contribution in [-0.4, -0.2) is 19.6 Å². The molecule has 1 aromatic carbocycles. The van der Waals surface area contributed by atoms with Gasteiger partial charge in [0.15, 0.2) is 6.61 Å². The summed E-state index contributed by atoms with van der Waals surface area (Å²) < 4.78 is 5.39. The number of hydrogen-bond acceptors (Lipinski definition) is 3. The number of hydrogen-bond donors (Lipinski definition) is 1. The molecule has 2 N–H and O–H groups in total. The van der Waals surface area contributed by atoms with Gasteiger partial charge in [0.05, 0.1) is 5.69 Å². The van der Waals surface area contributed by atoms with Crippen LogP contribution in [-0.2, 0) is 4.79 Å². The fourth-order valence-corrected chi connectivity index (χ4v) is 1.76. The van der Waals surface area contributed by atoms with Crippen LogP contribution in [0.15, 0.2) is 18.2 Å². The van der Waals surface area contributed by atoms with Crippen molar-refractivity contribution in [3.63, 3.8) is 0 Å². The van der Waals surface area contributed by atoms with Gasteiger partial charge in [-0.15, -0.1) is 0 Å². The number of nitrogens with two attached hydrogens (primary N) is 1. The van der Waals surface area contributed by atoms with Crippen LogP contribution in [0.4, 0.5) is 5.69 Å². The van der Waals surface area contributed by atoms with E-state index < -0.39 is 0 Å². The number of amides is 1. The summed E-state index contributed by atoms with van der Waals surface area (Å²) in [5, 5.41) is 0. The number of likely N-dealkylation sites (N-methyl/N-ethyl adjacent to an activating group) is 1. The van der Waals surface area contributed by atoms with E-state index in [9.17, 15) is 4.79 Å². The van der Waals surface area contributed by atoms with Crippen molar-refractivity contribution in [3.05, 3.63) is 23.8 Å². The SMILES string of the molecule is CC[C@H](N)c1ccc2c(c1)OCC(=O)N2C. The number of rotatable bonds is 2. The Balaban J connectivity index is 2.37. The van der Waals surface area contributed by atoms with Crippen LogP contribution in [0, 0.1) is 0 Å². The van der Waals surface area contributed by atoms with Crippen LogP contribution < -0.4 is 15.4 Å². The summed E-state index contributed by atoms with van der Waals surface area (Å²) in [5.41, 5.74) is 7.81. The van der Waals surface area contributed by atoms with Crippen molar-refractivity contribution in [2.24, 2.45) is 5.73 Å². The van der Waals surface area contributed by atoms with E-state index in [4.69, 9.17) is 10.5 Å². The molecule has 0 aliphatic carbocycles. The number of nitrogens with zero attached hydrogens (tertiary/aromatic N) is 1. The minimum Gasteiger partial charge on any atom is -0.482 e. The second-order valence-electron chi connectivity index (χ2n) is 3.98. The Morgan fingerprint density at radius 2 is 2.31 bits per heavy atom. The lowest BCUT2D eigenvalue weighted by molar-refractivity contribution is -0.120. The fourth-order valence-electron chi connectivity index (χ4n) is 1.76. The molecule has 1 aliphatic rings. The lowest BCUT2D eigenvalue weighted by atomic mass is 10.0. The van der Waals surface area contributed by atoms with Crippen molar-refractivity contribution in [2.75, 3.05) is 18.6 Å². The first kappa shape index (κ1) is 11.0. The Labute approximate surface area is 95.0 Å². The molecule has 1 amide bonds. The zero-order valence-electron chi connectivity index (χ0n) is 9.56. The van der Waals surface area contributed by atoms with Crippen LogP contribution in [0.25, 0.3) is 0 Å². The van der Waals surface area contributed by atoms with Gasteiger partial charge in [0.1, 0.15) is 5.75 Å². The summed E-state index contributed by atoms with van der Waals surface area (Å²) in [7, 11) is 1.75. The third-order valence-corrected chi connectivity index (χ3v) is 2.94. The van der Waals surface area contributed by atoms with Crippen LogP contribution in [0.1, 0.15) is 24.9 Å². The quantitative estimate of drug-likeness (QED) is 0.820. The Kier molecular flexibility index (Phi) is 2.83. The van der Waals surface area contributed by atoms with Crippen molar-refractivity contribution in [1.29, 1.82) is 0 Å². The molecule has 0 aromatic heterocycles. The second kappa shape index (κ2) is 4.14. The Bertz CT molecular complexity index is 417. The van der Waals surface area contributed by atoms with Crippen LogP contribution in [0.5, 0.6) is 5.75 Å². The molecule has 0 unspecified atom stereocenters. The van der Waals surface area contributed by atoms with Crippen molar-refractivity contribution < 1.29 is 9.53 Å². The fraction of sp³-hybridized carbons (Fsp3) is 0.417. The molecular formula is C12H16N2O2. The minimum atomic E-state index is -0.0277. The molecule has 1 aromatic rings. The molecule has 2 rings (SSSR count). The third-order valence-electron chi connectivity index (χ3n) is 2.94. The molecule has 0 saturated carbocycles. The maximum Gasteiger partial charge on any atom is 0.264 e. The first-order chi connectivity index (χ1) is 7.63. The van der Waals surface area contributed by atoms with Crippen molar-refractivity contribution in [3.8, 4) is 5.75 Å². The molecule has 0 spiro atoms. The van der Waals surface area contributed by atoms with Gasteiger partial charge < -0.3 is 15.4 Å². The average Bonchev–Trinajstić information content (AvgIpc) is 2.32. The molecule has 0 radical (unpaired) electrons. The van der Waals surface area contributed by atoms with E-state index in [2.05, 4.69) is 0 Å². The third kappa shape index (κ3) is 1.76. The van der Waals surface area contributed by atoms with E-state index in [0.717, 1.165) is 23.4 Å². The van der Waals surface area contributed by atoms with Crippen molar-refractivity contribution in [1.82, 2.24) is 0 Å². The van der Waals surface area contributed by atoms with E-state index >= 15 is 0 Å². The van der Waals surface area contributed by atoms with Gasteiger partial charge in [0.25, 0.3) is 5.91 Å². The van der Waals surface area contributed by atoms with E-state index in [1.807, 2.05) is 25.1 Å². The summed E-state index contributed by atoms with van der Waals surface area (Å²) >= 11 is 0. The highest BCUT2D eigenvalue weighted by molar-refractivity contribution is 5.97. The van der Waals surface area contributed by atoms with Gasteiger partial charge >= 0.3 is 0 Å². The Hall–Kier alpha value is -1.55. The highest BCUT2D eigenvalue weighted by Gasteiger charge is 2.22. The van der Waals surface area contributed by atoms with Gasteiger partial charge in [0, 0.05) is 13.1 Å². The second-order valence-corrected chi connectivity index (χ2v) is 3.98. The summed E-state index contributed by atoms with van der Waals surface area (Å²) in [6, 6.07) is 5.78. The molecule has 1 heterocycles. The molecule has 16 heavy (non-hydrogen) atoms. The van der Waals surface area contributed by atoms with Crippen LogP contribution in [0.3, 0.4) is 0 Å². The molecule has 0 bridgehead atoms. The summed E-state index contributed by atoms with van der Waals surface area (Å²) in [5.74, 6) is 0.712. The maximum absolute atomic E-state index is 11.4. The Morgan fingerprint density at radius 3 is 3.00 bits per heavy atom. The van der Waals surface area contributed by atoms with Gasteiger partial charge in [-0.05, 0) is 24.1 Å². The van der Waals surface area contributed by atoms with Crippen molar-refractivity contribution >= 4 is 11.6 Å². The van der Waals surface area contributed by atoms with Gasteiger partial charge in [-0.2, -0.15) is 0 Å². The maximum atomic E-state index is 11.4. The largest absolute Gasteiger partial charge is 0.482 e. The molecule has 4 nitrogen and oxygen atoms in total. The standard InChI is InChI=1S/C12H16N2O2/c1-3-9(13)8-4-5-10-11(6-8)16-7-12(15)14(10)2/h4-6,9H,3,7,13H2,1-2H3/t9-/m0/s1. The number of benzene rings is 1. The molecule has 4 heteroatoms. The monoisotopic (exact) mass is 220 g/mol. The zero-order chi connectivity index (χ0) is 11.7. The molecule has 0 fully saturated rings. The summed E-state index contributed by atoms with van der Waals surface area (Å²) in [6.45, 7) is 2.15. The van der Waals surface area contributed by atoms with E-state index in [1.165, 1.54) is 0 Å². The highest BCUT2D eigenvalue weighted by atomic mass is 16.5. The average molecular weight is 220 g/mol. The predicted octanol–water partition coefficient (Wildman–Crippen LogP) is 1.45. The lowest BCUT2D eigenvalue weighted by Gasteiger charge is -2.26. The zero-order valence-corrected chi connectivity index (χ0v) is 9.56. The predicted molar refractivity (Wildman–Crippen MR) is 62.6 cm³/mol. The number of ether oxygens (including phenoxy) is 1. The first-order valence-electron chi connectivity index (χ1n) is 5.42. The van der Waals surface area contributed by atoms with Gasteiger partial charge in [-0.1, -0.05) is 13.0 Å². The van der Waals surface area contributed by atoms with Gasteiger partial charge in [0.2, 0.25) is 0 Å². The minimum absolute atomic E-state index is 0.0248. The van der Waals surface area contributed by atoms with Gasteiger partial charge in [-0.3, -0.25) is 4.79 Å². The van der Waals surface area contributed by atoms with Crippen LogP contribution in [0.2, 0.25) is 0 Å². The number of carbonyl (C=O) groups is 1. The number of carbonyl (C=O) groups excluding carboxylic acids is 1. The smallest absolute Gasteiger partial charge is 0.264 e. The van der Waals surface area contributed by atoms with Crippen LogP contribution >= 0.6 is 0 Å². The number of fused-ring (bicyclic) bond motifs is 1. The molecule has 1 atom stereocenters. The van der Waals surface area contributed by atoms with Gasteiger partial charge in [-0.25, -0.2) is 0 Å².